The van der Waals surface area contributed by atoms with Crippen LogP contribution in [0.15, 0.2) is 0 Å². The monoisotopic (exact) mass is 448 g/mol. The van der Waals surface area contributed by atoms with E-state index >= 15 is 0 Å². The molecule has 24 heavy (non-hydrogen) atoms. The van der Waals surface area contributed by atoms with E-state index in [1.807, 2.05) is 0 Å². The predicted molar refractivity (Wildman–Crippen MR) is 111 cm³/mol. The molecule has 0 radical (unpaired) electrons. The number of alkyl halides is 2. The molecule has 0 aromatic rings. The quantitative estimate of drug-likeness (QED) is 0.363. The molecule has 4 aliphatic rings. The Balaban J connectivity index is 1.17. The molecular weight excluding hydrogens is 411 g/mol. The molecular formula is C19H37IN4. The van der Waals surface area contributed by atoms with E-state index in [9.17, 15) is 0 Å². The van der Waals surface area contributed by atoms with Gasteiger partial charge < -0.3 is 0 Å². The number of hydrogen-bond donors (Lipinski definition) is 0. The van der Waals surface area contributed by atoms with Crippen molar-refractivity contribution in [3.63, 3.8) is 0 Å². The number of nitrogens with zero attached hydrogens (tertiary/aromatic N) is 4. The summed E-state index contributed by atoms with van der Waals surface area (Å²) in [5.41, 5.74) is 1.37. The van der Waals surface area contributed by atoms with E-state index in [0.29, 0.717) is 10.8 Å². The Morgan fingerprint density at radius 3 is 2.21 bits per heavy atom. The molecule has 4 nitrogen and oxygen atoms in total. The van der Waals surface area contributed by atoms with Crippen LogP contribution in [0.5, 0.6) is 0 Å². The van der Waals surface area contributed by atoms with E-state index in [4.69, 9.17) is 0 Å². The van der Waals surface area contributed by atoms with E-state index < -0.39 is 20.1 Å². The zero-order valence-electron chi connectivity index (χ0n) is 16.2. The number of halogens is 1. The van der Waals surface area contributed by atoms with Gasteiger partial charge in [0, 0.05) is 0 Å². The third kappa shape index (κ3) is 3.40. The van der Waals surface area contributed by atoms with E-state index in [2.05, 4.69) is 43.6 Å². The van der Waals surface area contributed by atoms with E-state index in [0.717, 1.165) is 6.04 Å². The van der Waals surface area contributed by atoms with Crippen molar-refractivity contribution in [2.75, 3.05) is 75.3 Å². The van der Waals surface area contributed by atoms with Gasteiger partial charge in [0.25, 0.3) is 0 Å². The Labute approximate surface area is 156 Å². The minimum atomic E-state index is -0.879. The molecule has 0 aromatic carbocycles. The summed E-state index contributed by atoms with van der Waals surface area (Å²) in [6.45, 7) is 17.1. The molecule has 4 saturated heterocycles. The second-order valence-electron chi connectivity index (χ2n) is 9.54. The fourth-order valence-corrected chi connectivity index (χ4v) is 9.84. The zero-order valence-corrected chi connectivity index (χ0v) is 18.4. The molecule has 0 atom stereocenters. The summed E-state index contributed by atoms with van der Waals surface area (Å²) in [7, 11) is 2.29. The van der Waals surface area contributed by atoms with Crippen molar-refractivity contribution in [3.05, 3.63) is 0 Å². The molecule has 140 valence electrons. The van der Waals surface area contributed by atoms with Gasteiger partial charge in [0.15, 0.2) is 0 Å². The molecule has 0 N–H and O–H groups in total. The second-order valence-corrected chi connectivity index (χ2v) is 15.2. The SMILES string of the molecule is CC(C)N1CC2(CCN(I(C)CCN3CC4(CCN(C)C4)C3)C2)C1. The van der Waals surface area contributed by atoms with Gasteiger partial charge >= 0.3 is 157 Å². The topological polar surface area (TPSA) is 13.0 Å². The minimum absolute atomic E-state index is 0.686. The first-order chi connectivity index (χ1) is 11.4. The van der Waals surface area contributed by atoms with Gasteiger partial charge in [-0.25, -0.2) is 0 Å². The fourth-order valence-electron chi connectivity index (χ4n) is 5.40. The molecule has 4 rings (SSSR count). The van der Waals surface area contributed by atoms with Crippen LogP contribution in [-0.4, -0.2) is 99.2 Å². The van der Waals surface area contributed by atoms with Crippen LogP contribution in [-0.2, 0) is 0 Å². The molecule has 0 aliphatic carbocycles. The van der Waals surface area contributed by atoms with Gasteiger partial charge in [-0.05, 0) is 0 Å². The average molecular weight is 448 g/mol. The summed E-state index contributed by atoms with van der Waals surface area (Å²) in [5, 5.41) is 0. The molecule has 4 fully saturated rings. The number of hydrogen-bond acceptors (Lipinski definition) is 4. The standard InChI is InChI=1S/C19H37IN4/c1-17(2)23-14-19(15-23)6-9-24(16-19)20(3)7-10-22-12-18(13-22)5-8-21(4)11-18/h17H,5-16H2,1-4H3. The van der Waals surface area contributed by atoms with Crippen molar-refractivity contribution >= 4 is 20.1 Å². The van der Waals surface area contributed by atoms with Crippen LogP contribution in [0, 0.1) is 10.8 Å². The van der Waals surface area contributed by atoms with E-state index in [-0.39, 0.29) is 0 Å². The van der Waals surface area contributed by atoms with Crippen molar-refractivity contribution in [3.8, 4) is 0 Å². The summed E-state index contributed by atoms with van der Waals surface area (Å²) in [6, 6.07) is 0.745. The molecule has 4 heterocycles. The maximum absolute atomic E-state index is 2.94. The van der Waals surface area contributed by atoms with Gasteiger partial charge in [0.1, 0.15) is 0 Å². The van der Waals surface area contributed by atoms with Crippen LogP contribution >= 0.6 is 20.1 Å². The number of likely N-dealkylation sites (tertiary alicyclic amines) is 3. The van der Waals surface area contributed by atoms with E-state index in [1.54, 1.807) is 0 Å². The van der Waals surface area contributed by atoms with Gasteiger partial charge in [-0.2, -0.15) is 0 Å². The first-order valence-electron chi connectivity index (χ1n) is 9.85. The Morgan fingerprint density at radius 2 is 1.58 bits per heavy atom. The normalized spacial score (nSPS) is 31.1. The summed E-state index contributed by atoms with van der Waals surface area (Å²) < 4.78 is 4.46. The van der Waals surface area contributed by atoms with Crippen molar-refractivity contribution in [2.24, 2.45) is 10.8 Å². The summed E-state index contributed by atoms with van der Waals surface area (Å²) in [4.78, 5) is 10.6. The van der Waals surface area contributed by atoms with Crippen LogP contribution in [0.2, 0.25) is 0 Å². The van der Waals surface area contributed by atoms with Crippen LogP contribution in [0.4, 0.5) is 0 Å². The maximum atomic E-state index is 2.94. The molecule has 0 unspecified atom stereocenters. The van der Waals surface area contributed by atoms with Gasteiger partial charge in [0.05, 0.1) is 0 Å². The molecule has 0 bridgehead atoms. The van der Waals surface area contributed by atoms with Gasteiger partial charge in [-0.15, -0.1) is 0 Å². The van der Waals surface area contributed by atoms with Gasteiger partial charge in [-0.3, -0.25) is 0 Å². The van der Waals surface area contributed by atoms with Crippen molar-refractivity contribution in [2.45, 2.75) is 32.7 Å². The molecule has 0 aromatic heterocycles. The summed E-state index contributed by atoms with van der Waals surface area (Å²) in [5.74, 6) is 0. The second kappa shape index (κ2) is 6.63. The van der Waals surface area contributed by atoms with Crippen molar-refractivity contribution in [1.29, 1.82) is 0 Å². The van der Waals surface area contributed by atoms with Crippen molar-refractivity contribution in [1.82, 2.24) is 17.8 Å². The Morgan fingerprint density at radius 1 is 0.917 bits per heavy atom. The fraction of sp³-hybridized carbons (Fsp3) is 1.00. The van der Waals surface area contributed by atoms with Crippen LogP contribution < -0.4 is 0 Å². The Bertz CT molecular complexity index is 456. The number of rotatable bonds is 5. The molecule has 0 amide bonds. The van der Waals surface area contributed by atoms with Gasteiger partial charge in [-0.1, -0.05) is 0 Å². The first-order valence-corrected chi connectivity index (χ1v) is 14.5. The van der Waals surface area contributed by atoms with Crippen LogP contribution in [0.25, 0.3) is 0 Å². The Kier molecular flexibility index (Phi) is 4.96. The van der Waals surface area contributed by atoms with Crippen LogP contribution in [0.1, 0.15) is 26.7 Å². The third-order valence-electron chi connectivity index (χ3n) is 7.03. The molecule has 0 saturated carbocycles. The molecule has 4 aliphatic heterocycles. The van der Waals surface area contributed by atoms with E-state index in [1.165, 1.54) is 76.2 Å². The third-order valence-corrected chi connectivity index (χ3v) is 12.2. The zero-order chi connectivity index (χ0) is 16.9. The van der Waals surface area contributed by atoms with Gasteiger partial charge in [0.2, 0.25) is 0 Å². The summed E-state index contributed by atoms with van der Waals surface area (Å²) >= 11 is -0.879. The van der Waals surface area contributed by atoms with Crippen molar-refractivity contribution < 1.29 is 0 Å². The predicted octanol–water partition coefficient (Wildman–Crippen LogP) is 2.09. The average Bonchev–Trinajstić information content (AvgIpc) is 3.06. The molecule has 2 spiro atoms. The summed E-state index contributed by atoms with van der Waals surface area (Å²) in [6.07, 6.45) is 2.91. The first kappa shape index (κ1) is 18.0. The molecule has 5 heteroatoms. The Hall–Kier alpha value is 0.570. The van der Waals surface area contributed by atoms with Crippen LogP contribution in [0.3, 0.4) is 0 Å².